The summed E-state index contributed by atoms with van der Waals surface area (Å²) in [5.74, 6) is 2.61. The fraction of sp³-hybridized carbons (Fsp3) is 0.261. The van der Waals surface area contributed by atoms with E-state index in [1.807, 2.05) is 26.0 Å². The number of hydrogen-bond donors (Lipinski definition) is 2. The van der Waals surface area contributed by atoms with Gasteiger partial charge in [-0.05, 0) is 58.3 Å². The van der Waals surface area contributed by atoms with Crippen molar-refractivity contribution in [3.05, 3.63) is 57.2 Å². The molecule has 1 unspecified atom stereocenters. The normalized spacial score (nSPS) is 11.6. The SMILES string of the molecule is C#CCOc1c(I)cc(C=NNC(=O)C(NC(=O)c2ccccc2)C(C)C)cc1OC. The third-order valence-electron chi connectivity index (χ3n) is 4.21. The molecule has 0 heterocycles. The molecule has 2 aromatic carbocycles. The molecule has 0 aliphatic rings. The summed E-state index contributed by atoms with van der Waals surface area (Å²) in [7, 11) is 1.53. The number of benzene rings is 2. The molecule has 0 saturated heterocycles. The number of nitrogens with one attached hydrogen (secondary N) is 2. The number of hydrogen-bond acceptors (Lipinski definition) is 5. The minimum Gasteiger partial charge on any atom is -0.493 e. The second-order valence-corrected chi connectivity index (χ2v) is 7.98. The van der Waals surface area contributed by atoms with Gasteiger partial charge in [0.1, 0.15) is 12.6 Å². The monoisotopic (exact) mass is 533 g/mol. The van der Waals surface area contributed by atoms with Gasteiger partial charge in [0, 0.05) is 5.56 Å². The molecule has 2 amide bonds. The molecular formula is C23H24IN3O4. The zero-order chi connectivity index (χ0) is 22.8. The molecule has 0 aliphatic carbocycles. The highest BCUT2D eigenvalue weighted by molar-refractivity contribution is 14.1. The lowest BCUT2D eigenvalue weighted by molar-refractivity contribution is -0.123. The van der Waals surface area contributed by atoms with Crippen LogP contribution in [0.25, 0.3) is 0 Å². The van der Waals surface area contributed by atoms with Crippen LogP contribution >= 0.6 is 22.6 Å². The Kier molecular flexibility index (Phi) is 9.34. The van der Waals surface area contributed by atoms with Crippen molar-refractivity contribution in [1.29, 1.82) is 0 Å². The molecule has 8 heteroatoms. The van der Waals surface area contributed by atoms with Gasteiger partial charge in [0.05, 0.1) is 16.9 Å². The predicted molar refractivity (Wildman–Crippen MR) is 128 cm³/mol. The number of carbonyl (C=O) groups is 2. The summed E-state index contributed by atoms with van der Waals surface area (Å²) in [6.07, 6.45) is 6.73. The van der Waals surface area contributed by atoms with Crippen molar-refractivity contribution in [3.8, 4) is 23.8 Å². The topological polar surface area (TPSA) is 89.0 Å². The number of amides is 2. The van der Waals surface area contributed by atoms with Crippen molar-refractivity contribution in [3.63, 3.8) is 0 Å². The fourth-order valence-corrected chi connectivity index (χ4v) is 3.44. The lowest BCUT2D eigenvalue weighted by Crippen LogP contribution is -2.48. The van der Waals surface area contributed by atoms with Crippen LogP contribution in [0.4, 0.5) is 0 Å². The average Bonchev–Trinajstić information content (AvgIpc) is 2.76. The molecule has 2 rings (SSSR count). The summed E-state index contributed by atoms with van der Waals surface area (Å²) >= 11 is 2.11. The Labute approximate surface area is 195 Å². The first-order valence-corrected chi connectivity index (χ1v) is 10.6. The van der Waals surface area contributed by atoms with Crippen LogP contribution in [0, 0.1) is 21.8 Å². The molecule has 0 bridgehead atoms. The smallest absolute Gasteiger partial charge is 0.262 e. The zero-order valence-electron chi connectivity index (χ0n) is 17.5. The molecule has 2 N–H and O–H groups in total. The van der Waals surface area contributed by atoms with Crippen LogP contribution in [-0.2, 0) is 4.79 Å². The first-order valence-electron chi connectivity index (χ1n) is 9.50. The first-order chi connectivity index (χ1) is 14.9. The van der Waals surface area contributed by atoms with Crippen LogP contribution in [0.2, 0.25) is 0 Å². The van der Waals surface area contributed by atoms with Crippen molar-refractivity contribution < 1.29 is 19.1 Å². The molecule has 0 radical (unpaired) electrons. The first kappa shape index (κ1) is 24.2. The molecule has 1 atom stereocenters. The highest BCUT2D eigenvalue weighted by Crippen LogP contribution is 2.33. The second-order valence-electron chi connectivity index (χ2n) is 6.82. The minimum atomic E-state index is -0.737. The molecule has 162 valence electrons. The number of methoxy groups -OCH3 is 1. The van der Waals surface area contributed by atoms with Gasteiger partial charge in [-0.3, -0.25) is 9.59 Å². The zero-order valence-corrected chi connectivity index (χ0v) is 19.7. The molecule has 0 fully saturated rings. The van der Waals surface area contributed by atoms with Gasteiger partial charge in [0.25, 0.3) is 11.8 Å². The Balaban J connectivity index is 2.07. The molecule has 0 aromatic heterocycles. The number of hydrazone groups is 1. The summed E-state index contributed by atoms with van der Waals surface area (Å²) in [6.45, 7) is 3.82. The average molecular weight is 533 g/mol. The van der Waals surface area contributed by atoms with E-state index < -0.39 is 11.9 Å². The molecule has 0 aliphatic heterocycles. The summed E-state index contributed by atoms with van der Waals surface area (Å²) in [6, 6.07) is 11.5. The van der Waals surface area contributed by atoms with Crippen molar-refractivity contribution >= 4 is 40.6 Å². The number of rotatable bonds is 9. The van der Waals surface area contributed by atoms with Crippen LogP contribution in [0.5, 0.6) is 11.5 Å². The molecule has 0 saturated carbocycles. The Bertz CT molecular complexity index is 984. The number of nitrogens with zero attached hydrogens (tertiary/aromatic N) is 1. The van der Waals surface area contributed by atoms with Crippen LogP contribution in [0.3, 0.4) is 0 Å². The van der Waals surface area contributed by atoms with Crippen molar-refractivity contribution in [2.24, 2.45) is 11.0 Å². The minimum absolute atomic E-state index is 0.126. The summed E-state index contributed by atoms with van der Waals surface area (Å²) in [5.41, 5.74) is 3.67. The van der Waals surface area contributed by atoms with E-state index in [9.17, 15) is 9.59 Å². The van der Waals surface area contributed by atoms with Gasteiger partial charge in [-0.1, -0.05) is 38.0 Å². The van der Waals surface area contributed by atoms with Crippen LogP contribution in [0.15, 0.2) is 47.6 Å². The van der Waals surface area contributed by atoms with Gasteiger partial charge >= 0.3 is 0 Å². The van der Waals surface area contributed by atoms with Crippen molar-refractivity contribution in [2.75, 3.05) is 13.7 Å². The van der Waals surface area contributed by atoms with Gasteiger partial charge in [-0.25, -0.2) is 5.43 Å². The number of carbonyl (C=O) groups excluding carboxylic acids is 2. The van der Waals surface area contributed by atoms with E-state index in [-0.39, 0.29) is 18.4 Å². The summed E-state index contributed by atoms with van der Waals surface area (Å²) < 4.78 is 11.7. The third-order valence-corrected chi connectivity index (χ3v) is 5.01. The Morgan fingerprint density at radius 1 is 1.26 bits per heavy atom. The number of terminal acetylenes is 1. The van der Waals surface area contributed by atoms with Gasteiger partial charge in [0.15, 0.2) is 11.5 Å². The van der Waals surface area contributed by atoms with E-state index >= 15 is 0 Å². The van der Waals surface area contributed by atoms with Crippen molar-refractivity contribution in [2.45, 2.75) is 19.9 Å². The standard InChI is InChI=1S/C23H24IN3O4/c1-5-11-31-21-18(24)12-16(13-19(21)30-4)14-25-27-23(29)20(15(2)3)26-22(28)17-9-7-6-8-10-17/h1,6-10,12-15,20H,11H2,2-4H3,(H,26,28)(H,27,29). The Morgan fingerprint density at radius 3 is 2.58 bits per heavy atom. The lowest BCUT2D eigenvalue weighted by atomic mass is 10.0. The highest BCUT2D eigenvalue weighted by atomic mass is 127. The number of ether oxygens (including phenoxy) is 2. The Morgan fingerprint density at radius 2 is 1.97 bits per heavy atom. The van der Waals surface area contributed by atoms with E-state index in [0.29, 0.717) is 22.6 Å². The van der Waals surface area contributed by atoms with E-state index in [0.717, 1.165) is 3.57 Å². The van der Waals surface area contributed by atoms with Crippen molar-refractivity contribution in [1.82, 2.24) is 10.7 Å². The molecular weight excluding hydrogens is 509 g/mol. The molecule has 2 aromatic rings. The second kappa shape index (κ2) is 12.0. The maximum Gasteiger partial charge on any atom is 0.262 e. The highest BCUT2D eigenvalue weighted by Gasteiger charge is 2.24. The van der Waals surface area contributed by atoms with Gasteiger partial charge in [0.2, 0.25) is 0 Å². The quantitative estimate of drug-likeness (QED) is 0.224. The van der Waals surface area contributed by atoms with Crippen LogP contribution < -0.4 is 20.2 Å². The number of halogens is 1. The van der Waals surface area contributed by atoms with E-state index in [2.05, 4.69) is 44.4 Å². The predicted octanol–water partition coefficient (Wildman–Crippen LogP) is 3.22. The van der Waals surface area contributed by atoms with E-state index in [1.165, 1.54) is 13.3 Å². The lowest BCUT2D eigenvalue weighted by Gasteiger charge is -2.20. The largest absolute Gasteiger partial charge is 0.493 e. The van der Waals surface area contributed by atoms with Crippen LogP contribution in [0.1, 0.15) is 29.8 Å². The van der Waals surface area contributed by atoms with Gasteiger partial charge < -0.3 is 14.8 Å². The maximum absolute atomic E-state index is 12.6. The summed E-state index contributed by atoms with van der Waals surface area (Å²) in [4.78, 5) is 25.0. The summed E-state index contributed by atoms with van der Waals surface area (Å²) in [5, 5.41) is 6.78. The van der Waals surface area contributed by atoms with E-state index in [4.69, 9.17) is 15.9 Å². The fourth-order valence-electron chi connectivity index (χ4n) is 2.66. The Hall–Kier alpha value is -3.06. The maximum atomic E-state index is 12.6. The third kappa shape index (κ3) is 7.00. The van der Waals surface area contributed by atoms with E-state index in [1.54, 1.807) is 30.3 Å². The molecule has 7 nitrogen and oxygen atoms in total. The molecule has 31 heavy (non-hydrogen) atoms. The van der Waals surface area contributed by atoms with Gasteiger partial charge in [-0.15, -0.1) is 6.42 Å². The molecule has 0 spiro atoms. The van der Waals surface area contributed by atoms with Gasteiger partial charge in [-0.2, -0.15) is 5.10 Å². The van der Waals surface area contributed by atoms with Crippen LogP contribution in [-0.4, -0.2) is 37.8 Å².